The molecule has 0 saturated carbocycles. The average Bonchev–Trinajstić information content (AvgIpc) is 2.23. The lowest BCUT2D eigenvalue weighted by molar-refractivity contribution is 0.183. The van der Waals surface area contributed by atoms with Gasteiger partial charge in [0.25, 0.3) is 0 Å². The molecule has 2 N–H and O–H groups in total. The Morgan fingerprint density at radius 2 is 2.19 bits per heavy atom. The number of aryl methyl sites for hydroxylation is 2. The fourth-order valence-corrected chi connectivity index (χ4v) is 1.52. The van der Waals surface area contributed by atoms with Crippen molar-refractivity contribution in [2.24, 2.45) is 0 Å². The second-order valence-corrected chi connectivity index (χ2v) is 4.06. The zero-order chi connectivity index (χ0) is 12.0. The largest absolute Gasteiger partial charge is 0.393 e. The van der Waals surface area contributed by atoms with Crippen molar-refractivity contribution in [3.63, 3.8) is 0 Å². The Hall–Kier alpha value is -1.16. The highest BCUT2D eigenvalue weighted by Crippen LogP contribution is 2.07. The lowest BCUT2D eigenvalue weighted by Gasteiger charge is -2.08. The van der Waals surface area contributed by atoms with E-state index in [4.69, 9.17) is 5.11 Å². The van der Waals surface area contributed by atoms with Gasteiger partial charge in [0, 0.05) is 18.3 Å². The van der Waals surface area contributed by atoms with Crippen LogP contribution in [-0.4, -0.2) is 27.7 Å². The number of hydrogen-bond acceptors (Lipinski definition) is 4. The van der Waals surface area contributed by atoms with Gasteiger partial charge in [-0.3, -0.25) is 0 Å². The molecule has 1 heterocycles. The van der Waals surface area contributed by atoms with Gasteiger partial charge in [-0.1, -0.05) is 6.92 Å². The van der Waals surface area contributed by atoms with E-state index in [1.807, 2.05) is 19.9 Å². The standard InChI is InChI=1S/C12H21N3O/c1-4-11-8-12(15-10(3)14-11)13-7-5-6-9(2)16/h8-9,16H,4-7H2,1-3H3,(H,13,14,15). The van der Waals surface area contributed by atoms with Crippen molar-refractivity contribution in [2.75, 3.05) is 11.9 Å². The zero-order valence-corrected chi connectivity index (χ0v) is 10.3. The highest BCUT2D eigenvalue weighted by molar-refractivity contribution is 5.35. The Kier molecular flexibility index (Phi) is 5.19. The van der Waals surface area contributed by atoms with Gasteiger partial charge in [0.2, 0.25) is 0 Å². The van der Waals surface area contributed by atoms with Crippen LogP contribution < -0.4 is 5.32 Å². The number of aliphatic hydroxyl groups is 1. The second-order valence-electron chi connectivity index (χ2n) is 4.06. The maximum absolute atomic E-state index is 9.12. The third-order valence-corrected chi connectivity index (χ3v) is 2.36. The second kappa shape index (κ2) is 6.43. The Labute approximate surface area is 97.1 Å². The average molecular weight is 223 g/mol. The molecule has 90 valence electrons. The molecule has 0 spiro atoms. The Bertz CT molecular complexity index is 326. The van der Waals surface area contributed by atoms with Crippen molar-refractivity contribution >= 4 is 5.82 Å². The lowest BCUT2D eigenvalue weighted by atomic mass is 10.2. The quantitative estimate of drug-likeness (QED) is 0.723. The SMILES string of the molecule is CCc1cc(NCCCC(C)O)nc(C)n1. The molecule has 4 heteroatoms. The summed E-state index contributed by atoms with van der Waals surface area (Å²) < 4.78 is 0. The zero-order valence-electron chi connectivity index (χ0n) is 10.3. The molecule has 0 amide bonds. The molecule has 1 unspecified atom stereocenters. The molecule has 0 aliphatic carbocycles. The van der Waals surface area contributed by atoms with Crippen molar-refractivity contribution in [1.29, 1.82) is 0 Å². The highest BCUT2D eigenvalue weighted by Gasteiger charge is 2.00. The van der Waals surface area contributed by atoms with E-state index < -0.39 is 0 Å². The Balaban J connectivity index is 2.44. The van der Waals surface area contributed by atoms with Crippen molar-refractivity contribution in [1.82, 2.24) is 9.97 Å². The van der Waals surface area contributed by atoms with Crippen LogP contribution in [0.25, 0.3) is 0 Å². The van der Waals surface area contributed by atoms with Gasteiger partial charge in [-0.2, -0.15) is 0 Å². The summed E-state index contributed by atoms with van der Waals surface area (Å²) in [7, 11) is 0. The third-order valence-electron chi connectivity index (χ3n) is 2.36. The van der Waals surface area contributed by atoms with Crippen molar-refractivity contribution in [2.45, 2.75) is 46.1 Å². The smallest absolute Gasteiger partial charge is 0.129 e. The van der Waals surface area contributed by atoms with Gasteiger partial charge in [-0.15, -0.1) is 0 Å². The van der Waals surface area contributed by atoms with Gasteiger partial charge < -0.3 is 10.4 Å². The molecule has 4 nitrogen and oxygen atoms in total. The lowest BCUT2D eigenvalue weighted by Crippen LogP contribution is -2.09. The fourth-order valence-electron chi connectivity index (χ4n) is 1.52. The Morgan fingerprint density at radius 1 is 1.44 bits per heavy atom. The third kappa shape index (κ3) is 4.57. The first-order valence-electron chi connectivity index (χ1n) is 5.88. The minimum absolute atomic E-state index is 0.222. The van der Waals surface area contributed by atoms with Crippen LogP contribution in [0, 0.1) is 6.92 Å². The predicted molar refractivity (Wildman–Crippen MR) is 65.6 cm³/mol. The molecule has 1 aromatic rings. The molecule has 0 aliphatic rings. The monoisotopic (exact) mass is 223 g/mol. The van der Waals surface area contributed by atoms with Crippen LogP contribution in [0.2, 0.25) is 0 Å². The van der Waals surface area contributed by atoms with Gasteiger partial charge in [0.1, 0.15) is 11.6 Å². The number of aliphatic hydroxyl groups excluding tert-OH is 1. The number of rotatable bonds is 6. The van der Waals surface area contributed by atoms with E-state index in [0.717, 1.165) is 43.1 Å². The summed E-state index contributed by atoms with van der Waals surface area (Å²) in [5.74, 6) is 1.69. The van der Waals surface area contributed by atoms with Gasteiger partial charge in [0.15, 0.2) is 0 Å². The molecular weight excluding hydrogens is 202 g/mol. The van der Waals surface area contributed by atoms with Crippen LogP contribution in [-0.2, 0) is 6.42 Å². The molecule has 0 aliphatic heterocycles. The van der Waals surface area contributed by atoms with Gasteiger partial charge >= 0.3 is 0 Å². The number of anilines is 1. The van der Waals surface area contributed by atoms with Crippen LogP contribution in [0.15, 0.2) is 6.07 Å². The van der Waals surface area contributed by atoms with Gasteiger partial charge in [-0.05, 0) is 33.1 Å². The Morgan fingerprint density at radius 3 is 2.81 bits per heavy atom. The molecule has 0 aromatic carbocycles. The van der Waals surface area contributed by atoms with E-state index >= 15 is 0 Å². The van der Waals surface area contributed by atoms with Crippen LogP contribution in [0.1, 0.15) is 38.2 Å². The summed E-state index contributed by atoms with van der Waals surface area (Å²) in [6.07, 6.45) is 2.46. The van der Waals surface area contributed by atoms with Gasteiger partial charge in [-0.25, -0.2) is 9.97 Å². The molecule has 1 rings (SSSR count). The minimum atomic E-state index is -0.222. The van der Waals surface area contributed by atoms with Crippen LogP contribution >= 0.6 is 0 Å². The van der Waals surface area contributed by atoms with Crippen LogP contribution in [0.3, 0.4) is 0 Å². The van der Waals surface area contributed by atoms with E-state index in [9.17, 15) is 0 Å². The maximum atomic E-state index is 9.12. The summed E-state index contributed by atoms with van der Waals surface area (Å²) in [6, 6.07) is 1.98. The predicted octanol–water partition coefficient (Wildman–Crippen LogP) is 1.92. The molecule has 0 saturated heterocycles. The summed E-state index contributed by atoms with van der Waals surface area (Å²) in [5.41, 5.74) is 1.06. The molecular formula is C12H21N3O. The van der Waals surface area contributed by atoms with Crippen LogP contribution in [0.5, 0.6) is 0 Å². The number of aromatic nitrogens is 2. The summed E-state index contributed by atoms with van der Waals surface area (Å²) in [5, 5.41) is 12.4. The first-order valence-corrected chi connectivity index (χ1v) is 5.88. The fraction of sp³-hybridized carbons (Fsp3) is 0.667. The van der Waals surface area contributed by atoms with E-state index in [0.29, 0.717) is 0 Å². The highest BCUT2D eigenvalue weighted by atomic mass is 16.3. The first-order chi connectivity index (χ1) is 7.61. The van der Waals surface area contributed by atoms with Crippen molar-refractivity contribution < 1.29 is 5.11 Å². The van der Waals surface area contributed by atoms with Gasteiger partial charge in [0.05, 0.1) is 6.10 Å². The molecule has 1 atom stereocenters. The summed E-state index contributed by atoms with van der Waals surface area (Å²) in [6.45, 7) is 6.63. The summed E-state index contributed by atoms with van der Waals surface area (Å²) in [4.78, 5) is 8.63. The van der Waals surface area contributed by atoms with E-state index in [1.165, 1.54) is 0 Å². The maximum Gasteiger partial charge on any atom is 0.129 e. The van der Waals surface area contributed by atoms with Crippen molar-refractivity contribution in [3.8, 4) is 0 Å². The molecule has 16 heavy (non-hydrogen) atoms. The summed E-state index contributed by atoms with van der Waals surface area (Å²) >= 11 is 0. The number of nitrogens with zero attached hydrogens (tertiary/aromatic N) is 2. The molecule has 0 radical (unpaired) electrons. The van der Waals surface area contributed by atoms with Crippen LogP contribution in [0.4, 0.5) is 5.82 Å². The van der Waals surface area contributed by atoms with E-state index in [2.05, 4.69) is 22.2 Å². The minimum Gasteiger partial charge on any atom is -0.393 e. The normalized spacial score (nSPS) is 12.5. The first kappa shape index (κ1) is 12.9. The number of nitrogens with one attached hydrogen (secondary N) is 1. The topological polar surface area (TPSA) is 58.0 Å². The molecule has 0 bridgehead atoms. The molecule has 0 fully saturated rings. The molecule has 1 aromatic heterocycles. The van der Waals surface area contributed by atoms with E-state index in [-0.39, 0.29) is 6.10 Å². The van der Waals surface area contributed by atoms with Crippen molar-refractivity contribution in [3.05, 3.63) is 17.6 Å². The number of hydrogen-bond donors (Lipinski definition) is 2. The van der Waals surface area contributed by atoms with E-state index in [1.54, 1.807) is 0 Å².